The van der Waals surface area contributed by atoms with Crippen LogP contribution in [0.3, 0.4) is 0 Å². The fourth-order valence-corrected chi connectivity index (χ4v) is 5.42. The maximum Gasteiger partial charge on any atom is 0.254 e. The molecule has 2 heterocycles. The summed E-state index contributed by atoms with van der Waals surface area (Å²) in [5.41, 5.74) is 3.60. The Bertz CT molecular complexity index is 1210. The molecule has 1 aliphatic heterocycles. The maximum atomic E-state index is 13.6. The number of carbonyl (C=O) groups excluding carboxylic acids is 2. The van der Waals surface area contributed by atoms with Crippen LogP contribution in [0, 0.1) is 5.82 Å². The SMILES string of the molecule is C=CCN(CC(=O)N1CCc2sccc2C1c1ccc(F)cc1)C(=O)c1ccc(C(C)(C)C)cc1. The van der Waals surface area contributed by atoms with E-state index >= 15 is 0 Å². The van der Waals surface area contributed by atoms with Crippen molar-refractivity contribution in [2.45, 2.75) is 38.6 Å². The van der Waals surface area contributed by atoms with E-state index in [2.05, 4.69) is 27.4 Å². The van der Waals surface area contributed by atoms with Crippen LogP contribution < -0.4 is 0 Å². The van der Waals surface area contributed by atoms with E-state index in [9.17, 15) is 14.0 Å². The first-order valence-electron chi connectivity index (χ1n) is 11.8. The number of halogens is 1. The molecule has 0 spiro atoms. The normalized spacial score (nSPS) is 15.4. The lowest BCUT2D eigenvalue weighted by Gasteiger charge is -2.37. The van der Waals surface area contributed by atoms with Gasteiger partial charge in [-0.2, -0.15) is 0 Å². The van der Waals surface area contributed by atoms with Crippen molar-refractivity contribution in [3.05, 3.63) is 106 Å². The molecule has 4 nitrogen and oxygen atoms in total. The number of rotatable bonds is 6. The second-order valence-corrected chi connectivity index (χ2v) is 10.9. The van der Waals surface area contributed by atoms with E-state index in [0.29, 0.717) is 12.1 Å². The molecule has 0 saturated heterocycles. The number of amides is 2. The molecule has 3 aromatic rings. The third-order valence-corrected chi connectivity index (χ3v) is 7.43. The van der Waals surface area contributed by atoms with E-state index in [4.69, 9.17) is 0 Å². The molecule has 6 heteroatoms. The first-order valence-corrected chi connectivity index (χ1v) is 12.7. The minimum Gasteiger partial charge on any atom is -0.330 e. The van der Waals surface area contributed by atoms with Crippen molar-refractivity contribution in [1.29, 1.82) is 0 Å². The predicted octanol–water partition coefficient (Wildman–Crippen LogP) is 5.99. The molecule has 0 N–H and O–H groups in total. The van der Waals surface area contributed by atoms with Crippen LogP contribution in [0.2, 0.25) is 0 Å². The van der Waals surface area contributed by atoms with E-state index in [1.807, 2.05) is 40.6 Å². The van der Waals surface area contributed by atoms with E-state index < -0.39 is 0 Å². The zero-order valence-corrected chi connectivity index (χ0v) is 21.3. The number of carbonyl (C=O) groups is 2. The van der Waals surface area contributed by atoms with Crippen molar-refractivity contribution in [3.63, 3.8) is 0 Å². The molecule has 1 aliphatic rings. The number of thiophene rings is 1. The van der Waals surface area contributed by atoms with Gasteiger partial charge in [0.1, 0.15) is 12.4 Å². The first-order chi connectivity index (χ1) is 16.7. The molecule has 4 rings (SSSR count). The number of hydrogen-bond acceptors (Lipinski definition) is 3. The van der Waals surface area contributed by atoms with Gasteiger partial charge >= 0.3 is 0 Å². The van der Waals surface area contributed by atoms with Gasteiger partial charge in [-0.05, 0) is 64.2 Å². The summed E-state index contributed by atoms with van der Waals surface area (Å²) < 4.78 is 13.6. The molecule has 2 aromatic carbocycles. The Morgan fingerprint density at radius 2 is 1.80 bits per heavy atom. The van der Waals surface area contributed by atoms with Crippen molar-refractivity contribution in [2.24, 2.45) is 0 Å². The first kappa shape index (κ1) is 24.9. The van der Waals surface area contributed by atoms with Crippen molar-refractivity contribution in [1.82, 2.24) is 9.80 Å². The standard InChI is InChI=1S/C29H31FN2O2S/c1-5-16-31(28(34)21-6-10-22(11-7-21)29(2,3)4)19-26(33)32-17-14-25-24(15-18-35-25)27(32)20-8-12-23(30)13-9-20/h5-13,15,18,27H,1,14,16-17,19H2,2-4H3. The summed E-state index contributed by atoms with van der Waals surface area (Å²) in [6, 6.07) is 15.6. The Morgan fingerprint density at radius 3 is 2.43 bits per heavy atom. The largest absolute Gasteiger partial charge is 0.330 e. The van der Waals surface area contributed by atoms with Gasteiger partial charge in [0.2, 0.25) is 5.91 Å². The predicted molar refractivity (Wildman–Crippen MR) is 139 cm³/mol. The number of hydrogen-bond donors (Lipinski definition) is 0. The lowest BCUT2D eigenvalue weighted by Crippen LogP contribution is -2.46. The minimum absolute atomic E-state index is 0.0114. The van der Waals surface area contributed by atoms with Crippen LogP contribution in [-0.2, 0) is 16.6 Å². The summed E-state index contributed by atoms with van der Waals surface area (Å²) in [6.45, 7) is 10.9. The lowest BCUT2D eigenvalue weighted by atomic mass is 9.86. The minimum atomic E-state index is -0.312. The average molecular weight is 491 g/mol. The summed E-state index contributed by atoms with van der Waals surface area (Å²) in [4.78, 5) is 31.5. The molecule has 0 radical (unpaired) electrons. The van der Waals surface area contributed by atoms with Crippen LogP contribution in [0.5, 0.6) is 0 Å². The Balaban J connectivity index is 1.58. The Labute approximate surface area is 210 Å². The topological polar surface area (TPSA) is 40.6 Å². The summed E-state index contributed by atoms with van der Waals surface area (Å²) >= 11 is 1.68. The van der Waals surface area contributed by atoms with Gasteiger partial charge in [-0.3, -0.25) is 9.59 Å². The van der Waals surface area contributed by atoms with E-state index in [0.717, 1.165) is 23.1 Å². The van der Waals surface area contributed by atoms with E-state index in [1.54, 1.807) is 29.5 Å². The van der Waals surface area contributed by atoms with Crippen molar-refractivity contribution < 1.29 is 14.0 Å². The quantitative estimate of drug-likeness (QED) is 0.399. The van der Waals surface area contributed by atoms with E-state index in [1.165, 1.54) is 21.9 Å². The van der Waals surface area contributed by atoms with Gasteiger partial charge in [-0.1, -0.05) is 51.1 Å². The van der Waals surface area contributed by atoms with Crippen molar-refractivity contribution >= 4 is 23.2 Å². The van der Waals surface area contributed by atoms with Gasteiger partial charge < -0.3 is 9.80 Å². The molecule has 0 bridgehead atoms. The molecule has 0 fully saturated rings. The van der Waals surface area contributed by atoms with Crippen molar-refractivity contribution in [2.75, 3.05) is 19.6 Å². The summed E-state index contributed by atoms with van der Waals surface area (Å²) in [7, 11) is 0. The van der Waals surface area contributed by atoms with Gasteiger partial charge in [0.15, 0.2) is 0 Å². The average Bonchev–Trinajstić information content (AvgIpc) is 3.32. The molecule has 1 unspecified atom stereocenters. The third kappa shape index (κ3) is 5.38. The third-order valence-electron chi connectivity index (χ3n) is 6.43. The molecule has 1 aromatic heterocycles. The monoisotopic (exact) mass is 490 g/mol. The molecular weight excluding hydrogens is 459 g/mol. The number of benzene rings is 2. The fourth-order valence-electron chi connectivity index (χ4n) is 4.51. The van der Waals surface area contributed by atoms with Crippen molar-refractivity contribution in [3.8, 4) is 0 Å². The van der Waals surface area contributed by atoms with Crippen LogP contribution in [0.4, 0.5) is 4.39 Å². The van der Waals surface area contributed by atoms with Gasteiger partial charge in [-0.25, -0.2) is 4.39 Å². The molecule has 1 atom stereocenters. The Morgan fingerprint density at radius 1 is 1.11 bits per heavy atom. The zero-order chi connectivity index (χ0) is 25.2. The molecule has 2 amide bonds. The van der Waals surface area contributed by atoms with Crippen LogP contribution in [0.15, 0.2) is 72.6 Å². The molecule has 35 heavy (non-hydrogen) atoms. The molecule has 182 valence electrons. The second-order valence-electron chi connectivity index (χ2n) is 9.89. The second kappa shape index (κ2) is 10.2. The van der Waals surface area contributed by atoms with Gasteiger partial charge in [0.25, 0.3) is 5.91 Å². The van der Waals surface area contributed by atoms with Gasteiger partial charge in [0.05, 0.1) is 6.04 Å². The molecule has 0 saturated carbocycles. The highest BCUT2D eigenvalue weighted by Crippen LogP contribution is 2.38. The summed E-state index contributed by atoms with van der Waals surface area (Å²) in [5.74, 6) is -0.656. The fraction of sp³-hybridized carbons (Fsp3) is 0.310. The number of nitrogens with zero attached hydrogens (tertiary/aromatic N) is 2. The summed E-state index contributed by atoms with van der Waals surface area (Å²) in [6.07, 6.45) is 2.40. The van der Waals surface area contributed by atoms with Crippen LogP contribution in [-0.4, -0.2) is 41.2 Å². The Kier molecular flexibility index (Phi) is 7.22. The highest BCUT2D eigenvalue weighted by molar-refractivity contribution is 7.10. The number of fused-ring (bicyclic) bond motifs is 1. The van der Waals surface area contributed by atoms with E-state index in [-0.39, 0.29) is 42.2 Å². The zero-order valence-electron chi connectivity index (χ0n) is 20.5. The highest BCUT2D eigenvalue weighted by Gasteiger charge is 2.34. The maximum absolute atomic E-state index is 13.6. The van der Waals surface area contributed by atoms with Crippen LogP contribution in [0.1, 0.15) is 58.7 Å². The molecular formula is C29H31FN2O2S. The summed E-state index contributed by atoms with van der Waals surface area (Å²) in [5, 5.41) is 2.03. The van der Waals surface area contributed by atoms with Crippen LogP contribution >= 0.6 is 11.3 Å². The lowest BCUT2D eigenvalue weighted by molar-refractivity contribution is -0.133. The Hall–Kier alpha value is -3.25. The van der Waals surface area contributed by atoms with Gasteiger partial charge in [-0.15, -0.1) is 17.9 Å². The highest BCUT2D eigenvalue weighted by atomic mass is 32.1. The van der Waals surface area contributed by atoms with Crippen LogP contribution in [0.25, 0.3) is 0 Å². The van der Waals surface area contributed by atoms with Gasteiger partial charge in [0, 0.05) is 23.5 Å². The molecule has 0 aliphatic carbocycles. The smallest absolute Gasteiger partial charge is 0.254 e.